The van der Waals surface area contributed by atoms with E-state index in [9.17, 15) is 4.79 Å². The van der Waals surface area contributed by atoms with Gasteiger partial charge in [-0.25, -0.2) is 0 Å². The Morgan fingerprint density at radius 1 is 1.04 bits per heavy atom. The molecule has 0 radical (unpaired) electrons. The largest absolute Gasteiger partial charge is 0.454 e. The highest BCUT2D eigenvalue weighted by molar-refractivity contribution is 5.80. The molecule has 3 aliphatic rings. The Balaban J connectivity index is 1.48. The maximum Gasteiger partial charge on any atom is 0.231 e. The normalized spacial score (nSPS) is 26.2. The van der Waals surface area contributed by atoms with Gasteiger partial charge in [-0.05, 0) is 29.7 Å². The molecule has 2 aliphatic heterocycles. The second-order valence-corrected chi connectivity index (χ2v) is 7.25. The van der Waals surface area contributed by atoms with Crippen molar-refractivity contribution in [3.05, 3.63) is 71.8 Å². The molecule has 4 heteroatoms. The quantitative estimate of drug-likeness (QED) is 0.791. The summed E-state index contributed by atoms with van der Waals surface area (Å²) in [4.78, 5) is 14.8. The van der Waals surface area contributed by atoms with E-state index < -0.39 is 0 Å². The van der Waals surface area contributed by atoms with Gasteiger partial charge in [0.05, 0.1) is 0 Å². The third-order valence-corrected chi connectivity index (χ3v) is 5.74. The maximum atomic E-state index is 12.8. The number of ether oxygens (including phenoxy) is 2. The fourth-order valence-electron chi connectivity index (χ4n) is 4.52. The monoisotopic (exact) mass is 347 g/mol. The van der Waals surface area contributed by atoms with Crippen molar-refractivity contribution in [1.82, 2.24) is 4.90 Å². The van der Waals surface area contributed by atoms with Gasteiger partial charge in [-0.3, -0.25) is 4.79 Å². The summed E-state index contributed by atoms with van der Waals surface area (Å²) in [5.41, 5.74) is 2.40. The fraction of sp³-hybridized carbons (Fsp3) is 0.318. The second-order valence-electron chi connectivity index (χ2n) is 7.25. The molecular formula is C22H21NO3. The Kier molecular flexibility index (Phi) is 3.70. The van der Waals surface area contributed by atoms with Crippen molar-refractivity contribution in [2.75, 3.05) is 6.79 Å². The van der Waals surface area contributed by atoms with E-state index in [0.29, 0.717) is 13.0 Å². The van der Waals surface area contributed by atoms with Gasteiger partial charge >= 0.3 is 0 Å². The molecule has 132 valence electrons. The number of likely N-dealkylation sites (tertiary alicyclic amines) is 1. The zero-order valence-corrected chi connectivity index (χ0v) is 14.5. The first-order chi connectivity index (χ1) is 12.8. The molecule has 1 amide bonds. The molecule has 2 aromatic carbocycles. The van der Waals surface area contributed by atoms with Crippen LogP contribution in [-0.2, 0) is 11.3 Å². The molecule has 4 nitrogen and oxygen atoms in total. The Morgan fingerprint density at radius 3 is 2.77 bits per heavy atom. The van der Waals surface area contributed by atoms with E-state index in [0.717, 1.165) is 17.9 Å². The second kappa shape index (κ2) is 6.20. The molecule has 2 heterocycles. The van der Waals surface area contributed by atoms with E-state index in [4.69, 9.17) is 9.47 Å². The van der Waals surface area contributed by atoms with Gasteiger partial charge in [0.1, 0.15) is 0 Å². The van der Waals surface area contributed by atoms with Crippen LogP contribution < -0.4 is 9.47 Å². The molecule has 0 spiro atoms. The van der Waals surface area contributed by atoms with Crippen LogP contribution in [0, 0.1) is 5.92 Å². The van der Waals surface area contributed by atoms with E-state index in [1.165, 1.54) is 11.1 Å². The summed E-state index contributed by atoms with van der Waals surface area (Å²) >= 11 is 0. The summed E-state index contributed by atoms with van der Waals surface area (Å²) in [5.74, 6) is 2.44. The SMILES string of the molecule is O=C1CC2C=CC[C@@H](c3ccc4c(c3)OCO4)[C@H]2N1Cc1ccccc1. The van der Waals surface area contributed by atoms with Crippen molar-refractivity contribution in [2.45, 2.75) is 31.3 Å². The van der Waals surface area contributed by atoms with E-state index in [-0.39, 0.29) is 30.6 Å². The summed E-state index contributed by atoms with van der Waals surface area (Å²) in [6.45, 7) is 0.962. The number of carbonyl (C=O) groups excluding carboxylic acids is 1. The molecule has 26 heavy (non-hydrogen) atoms. The summed E-state index contributed by atoms with van der Waals surface area (Å²) in [6.07, 6.45) is 6.02. The Hall–Kier alpha value is -2.75. The number of fused-ring (bicyclic) bond motifs is 2. The van der Waals surface area contributed by atoms with Crippen LogP contribution in [0.15, 0.2) is 60.7 Å². The smallest absolute Gasteiger partial charge is 0.231 e. The highest BCUT2D eigenvalue weighted by atomic mass is 16.7. The third-order valence-electron chi connectivity index (χ3n) is 5.74. The van der Waals surface area contributed by atoms with Crippen LogP contribution in [0.25, 0.3) is 0 Å². The van der Waals surface area contributed by atoms with Gasteiger partial charge in [0.2, 0.25) is 12.7 Å². The summed E-state index contributed by atoms with van der Waals surface area (Å²) in [6, 6.07) is 16.7. The van der Waals surface area contributed by atoms with Gasteiger partial charge in [0.25, 0.3) is 0 Å². The number of rotatable bonds is 3. The standard InChI is InChI=1S/C22H21NO3/c24-21-12-17-7-4-8-18(16-9-10-19-20(11-16)26-14-25-19)22(17)23(21)13-15-5-2-1-3-6-15/h1-7,9-11,17-18,22H,8,12-14H2/t17?,18-,22-/m0/s1. The minimum atomic E-state index is 0.202. The van der Waals surface area contributed by atoms with Crippen molar-refractivity contribution < 1.29 is 14.3 Å². The molecular weight excluding hydrogens is 326 g/mol. The maximum absolute atomic E-state index is 12.8. The summed E-state index contributed by atoms with van der Waals surface area (Å²) in [5, 5.41) is 0. The van der Waals surface area contributed by atoms with Gasteiger partial charge < -0.3 is 14.4 Å². The van der Waals surface area contributed by atoms with Crippen LogP contribution in [0.3, 0.4) is 0 Å². The molecule has 0 N–H and O–H groups in total. The minimum Gasteiger partial charge on any atom is -0.454 e. The molecule has 1 unspecified atom stereocenters. The number of hydrogen-bond donors (Lipinski definition) is 0. The first-order valence-corrected chi connectivity index (χ1v) is 9.19. The zero-order valence-electron chi connectivity index (χ0n) is 14.5. The Labute approximate surface area is 153 Å². The van der Waals surface area contributed by atoms with Crippen LogP contribution in [-0.4, -0.2) is 23.6 Å². The average Bonchev–Trinajstić information content (AvgIpc) is 3.26. The molecule has 0 aromatic heterocycles. The number of hydrogen-bond acceptors (Lipinski definition) is 3. The zero-order chi connectivity index (χ0) is 17.5. The average molecular weight is 347 g/mol. The van der Waals surface area contributed by atoms with Gasteiger partial charge in [0, 0.05) is 30.8 Å². The van der Waals surface area contributed by atoms with Gasteiger partial charge in [-0.2, -0.15) is 0 Å². The number of benzene rings is 2. The van der Waals surface area contributed by atoms with Crippen molar-refractivity contribution in [2.24, 2.45) is 5.92 Å². The highest BCUT2D eigenvalue weighted by Crippen LogP contribution is 2.44. The van der Waals surface area contributed by atoms with Crippen LogP contribution in [0.1, 0.15) is 29.9 Å². The van der Waals surface area contributed by atoms with Gasteiger partial charge in [-0.15, -0.1) is 0 Å². The molecule has 1 saturated heterocycles. The highest BCUT2D eigenvalue weighted by Gasteiger charge is 2.44. The van der Waals surface area contributed by atoms with Gasteiger partial charge in [0.15, 0.2) is 11.5 Å². The number of carbonyl (C=O) groups is 1. The van der Waals surface area contributed by atoms with E-state index >= 15 is 0 Å². The summed E-state index contributed by atoms with van der Waals surface area (Å²) in [7, 11) is 0. The summed E-state index contributed by atoms with van der Waals surface area (Å²) < 4.78 is 11.0. The molecule has 0 saturated carbocycles. The molecule has 2 aromatic rings. The molecule has 0 bridgehead atoms. The Bertz CT molecular complexity index is 861. The van der Waals surface area contributed by atoms with Crippen LogP contribution in [0.5, 0.6) is 11.5 Å². The number of nitrogens with zero attached hydrogens (tertiary/aromatic N) is 1. The topological polar surface area (TPSA) is 38.8 Å². The predicted molar refractivity (Wildman–Crippen MR) is 98.0 cm³/mol. The van der Waals surface area contributed by atoms with Crippen molar-refractivity contribution in [3.63, 3.8) is 0 Å². The lowest BCUT2D eigenvalue weighted by Crippen LogP contribution is -2.40. The predicted octanol–water partition coefficient (Wildman–Crippen LogP) is 3.88. The lowest BCUT2D eigenvalue weighted by Gasteiger charge is -2.36. The molecule has 5 rings (SSSR count). The first kappa shape index (κ1) is 15.5. The lowest BCUT2D eigenvalue weighted by molar-refractivity contribution is -0.129. The number of amides is 1. The Morgan fingerprint density at radius 2 is 1.88 bits per heavy atom. The van der Waals surface area contributed by atoms with E-state index in [2.05, 4.69) is 41.3 Å². The lowest BCUT2D eigenvalue weighted by atomic mass is 9.78. The number of allylic oxidation sites excluding steroid dienone is 1. The van der Waals surface area contributed by atoms with Crippen LogP contribution in [0.4, 0.5) is 0 Å². The minimum absolute atomic E-state index is 0.202. The molecule has 1 aliphatic carbocycles. The molecule has 3 atom stereocenters. The van der Waals surface area contributed by atoms with Crippen molar-refractivity contribution in [1.29, 1.82) is 0 Å². The molecule has 1 fully saturated rings. The third kappa shape index (κ3) is 2.57. The van der Waals surface area contributed by atoms with Crippen molar-refractivity contribution >= 4 is 5.91 Å². The van der Waals surface area contributed by atoms with Gasteiger partial charge in [-0.1, -0.05) is 48.6 Å². The fourth-order valence-corrected chi connectivity index (χ4v) is 4.52. The van der Waals surface area contributed by atoms with Crippen LogP contribution >= 0.6 is 0 Å². The van der Waals surface area contributed by atoms with E-state index in [1.807, 2.05) is 24.3 Å². The van der Waals surface area contributed by atoms with Crippen LogP contribution in [0.2, 0.25) is 0 Å². The first-order valence-electron chi connectivity index (χ1n) is 9.19. The van der Waals surface area contributed by atoms with Crippen molar-refractivity contribution in [3.8, 4) is 11.5 Å². The van der Waals surface area contributed by atoms with E-state index in [1.54, 1.807) is 0 Å².